The number of aryl methyl sites for hydroxylation is 1. The molecule has 0 aliphatic heterocycles. The highest BCUT2D eigenvalue weighted by molar-refractivity contribution is 7.85. The zero-order valence-electron chi connectivity index (χ0n) is 11.9. The van der Waals surface area contributed by atoms with E-state index in [9.17, 15) is 8.42 Å². The Balaban J connectivity index is 0.000000370. The maximum absolute atomic E-state index is 10.5. The van der Waals surface area contributed by atoms with Crippen molar-refractivity contribution >= 4 is 10.1 Å². The average molecular weight is 305 g/mol. The molecule has 7 heteroatoms. The maximum Gasteiger partial charge on any atom is 0.294 e. The predicted molar refractivity (Wildman–Crippen MR) is 77.2 cm³/mol. The van der Waals surface area contributed by atoms with Gasteiger partial charge in [-0.15, -0.1) is 0 Å². The summed E-state index contributed by atoms with van der Waals surface area (Å²) < 4.78 is 29.6. The minimum atomic E-state index is -4.02. The molecule has 116 valence electrons. The van der Waals surface area contributed by atoms with E-state index in [0.29, 0.717) is 13.1 Å². The molecule has 1 rings (SSSR count). The van der Waals surface area contributed by atoms with Crippen molar-refractivity contribution in [1.29, 1.82) is 0 Å². The zero-order valence-corrected chi connectivity index (χ0v) is 12.8. The highest BCUT2D eigenvalue weighted by Gasteiger charge is 2.06. The quantitative estimate of drug-likeness (QED) is 0.593. The second-order valence-electron chi connectivity index (χ2n) is 4.64. The summed E-state index contributed by atoms with van der Waals surface area (Å²) >= 11 is 0. The van der Waals surface area contributed by atoms with Crippen molar-refractivity contribution in [3.05, 3.63) is 29.8 Å². The number of benzene rings is 1. The van der Waals surface area contributed by atoms with Crippen molar-refractivity contribution in [3.63, 3.8) is 0 Å². The van der Waals surface area contributed by atoms with Gasteiger partial charge in [-0.25, -0.2) is 0 Å². The summed E-state index contributed by atoms with van der Waals surface area (Å²) in [5.41, 5.74) is 0.956. The molecule has 0 saturated carbocycles. The molecule has 20 heavy (non-hydrogen) atoms. The standard InChI is InChI=1S/C7H8O3S.C6H15NO2/c1-6-2-4-7(5-3-6)11(8,9)10;1-5(8)3-7-4-6(2)9/h2-5H,1H3,(H,8,9,10);5-9H,3-4H2,1-2H3. The number of rotatable bonds is 5. The topological polar surface area (TPSA) is 107 Å². The zero-order chi connectivity index (χ0) is 15.8. The molecular formula is C13H23NO5S. The maximum atomic E-state index is 10.5. The summed E-state index contributed by atoms with van der Waals surface area (Å²) in [7, 11) is -4.02. The van der Waals surface area contributed by atoms with Gasteiger partial charge in [-0.1, -0.05) is 17.7 Å². The van der Waals surface area contributed by atoms with Gasteiger partial charge in [0.05, 0.1) is 17.1 Å². The summed E-state index contributed by atoms with van der Waals surface area (Å²) in [6.07, 6.45) is -0.660. The van der Waals surface area contributed by atoms with Crippen LogP contribution in [0.4, 0.5) is 0 Å². The molecule has 2 unspecified atom stereocenters. The minimum Gasteiger partial charge on any atom is -0.392 e. The van der Waals surface area contributed by atoms with Crippen LogP contribution in [0.25, 0.3) is 0 Å². The van der Waals surface area contributed by atoms with Crippen molar-refractivity contribution in [1.82, 2.24) is 5.32 Å². The highest BCUT2D eigenvalue weighted by Crippen LogP contribution is 2.08. The largest absolute Gasteiger partial charge is 0.392 e. The summed E-state index contributed by atoms with van der Waals surface area (Å²) in [6.45, 7) is 6.34. The van der Waals surface area contributed by atoms with Crippen LogP contribution in [0.5, 0.6) is 0 Å². The fourth-order valence-electron chi connectivity index (χ4n) is 1.21. The van der Waals surface area contributed by atoms with E-state index in [0.717, 1.165) is 5.56 Å². The summed E-state index contributed by atoms with van der Waals surface area (Å²) in [6, 6.07) is 5.99. The Kier molecular flexibility index (Phi) is 8.59. The van der Waals surface area contributed by atoms with Gasteiger partial charge in [0.25, 0.3) is 10.1 Å². The average Bonchev–Trinajstić information content (AvgIpc) is 2.28. The normalized spacial score (nSPS) is 14.1. The lowest BCUT2D eigenvalue weighted by Gasteiger charge is -2.07. The van der Waals surface area contributed by atoms with Crippen molar-refractivity contribution < 1.29 is 23.2 Å². The first-order valence-corrected chi connectivity index (χ1v) is 7.68. The number of hydrogen-bond acceptors (Lipinski definition) is 5. The lowest BCUT2D eigenvalue weighted by molar-refractivity contribution is 0.164. The number of aliphatic hydroxyl groups is 2. The molecule has 0 aliphatic rings. The third kappa shape index (κ3) is 9.88. The van der Waals surface area contributed by atoms with E-state index in [4.69, 9.17) is 14.8 Å². The number of nitrogens with one attached hydrogen (secondary N) is 1. The van der Waals surface area contributed by atoms with Crippen LogP contribution in [-0.2, 0) is 10.1 Å². The van der Waals surface area contributed by atoms with Crippen molar-refractivity contribution in [2.75, 3.05) is 13.1 Å². The van der Waals surface area contributed by atoms with Crippen LogP contribution in [0, 0.1) is 6.92 Å². The lowest BCUT2D eigenvalue weighted by atomic mass is 10.2. The van der Waals surface area contributed by atoms with Gasteiger partial charge < -0.3 is 15.5 Å². The fourth-order valence-corrected chi connectivity index (χ4v) is 1.69. The number of hydrogen-bond donors (Lipinski definition) is 4. The Morgan fingerprint density at radius 1 is 1.05 bits per heavy atom. The van der Waals surface area contributed by atoms with Gasteiger partial charge in [0.2, 0.25) is 0 Å². The van der Waals surface area contributed by atoms with Crippen molar-refractivity contribution in [3.8, 4) is 0 Å². The van der Waals surface area contributed by atoms with Gasteiger partial charge in [-0.2, -0.15) is 8.42 Å². The van der Waals surface area contributed by atoms with Gasteiger partial charge >= 0.3 is 0 Å². The lowest BCUT2D eigenvalue weighted by Crippen LogP contribution is -2.30. The molecule has 0 amide bonds. The van der Waals surface area contributed by atoms with E-state index < -0.39 is 10.1 Å². The van der Waals surface area contributed by atoms with Crippen LogP contribution in [-0.4, -0.2) is 48.5 Å². The molecule has 0 saturated heterocycles. The molecule has 0 bridgehead atoms. The molecule has 0 spiro atoms. The Morgan fingerprint density at radius 2 is 1.45 bits per heavy atom. The third-order valence-corrected chi connectivity index (χ3v) is 3.07. The highest BCUT2D eigenvalue weighted by atomic mass is 32.2. The Morgan fingerprint density at radius 3 is 1.75 bits per heavy atom. The molecule has 0 heterocycles. The van der Waals surface area contributed by atoms with Crippen molar-refractivity contribution in [2.45, 2.75) is 37.9 Å². The molecule has 0 aliphatic carbocycles. The van der Waals surface area contributed by atoms with E-state index in [1.165, 1.54) is 12.1 Å². The van der Waals surface area contributed by atoms with Crippen LogP contribution in [0.1, 0.15) is 19.4 Å². The summed E-state index contributed by atoms with van der Waals surface area (Å²) in [5.74, 6) is 0. The fraction of sp³-hybridized carbons (Fsp3) is 0.538. The van der Waals surface area contributed by atoms with Gasteiger partial charge in [0, 0.05) is 13.1 Å². The molecule has 1 aromatic carbocycles. The van der Waals surface area contributed by atoms with Gasteiger partial charge in [-0.3, -0.25) is 4.55 Å². The Hall–Kier alpha value is -0.990. The third-order valence-electron chi connectivity index (χ3n) is 2.20. The smallest absolute Gasteiger partial charge is 0.294 e. The van der Waals surface area contributed by atoms with E-state index in [1.807, 2.05) is 6.92 Å². The van der Waals surface area contributed by atoms with Gasteiger partial charge in [-0.05, 0) is 32.9 Å². The first kappa shape index (κ1) is 19.0. The Labute approximate surface area is 120 Å². The second kappa shape index (κ2) is 9.04. The molecule has 0 radical (unpaired) electrons. The molecular weight excluding hydrogens is 282 g/mol. The molecule has 0 aromatic heterocycles. The minimum absolute atomic E-state index is 0.0666. The monoisotopic (exact) mass is 305 g/mol. The summed E-state index contributed by atoms with van der Waals surface area (Å²) in [4.78, 5) is -0.0666. The van der Waals surface area contributed by atoms with E-state index in [1.54, 1.807) is 26.0 Å². The van der Waals surface area contributed by atoms with Gasteiger partial charge in [0.15, 0.2) is 0 Å². The number of aliphatic hydroxyl groups excluding tert-OH is 2. The van der Waals surface area contributed by atoms with Crippen LogP contribution >= 0.6 is 0 Å². The van der Waals surface area contributed by atoms with Crippen LogP contribution in [0.2, 0.25) is 0 Å². The first-order valence-electron chi connectivity index (χ1n) is 6.24. The SMILES string of the molecule is CC(O)CNCC(C)O.Cc1ccc(S(=O)(=O)O)cc1. The first-order chi connectivity index (χ1) is 9.12. The predicted octanol–water partition coefficient (Wildman–Crippen LogP) is 0.579. The molecule has 1 aromatic rings. The molecule has 0 fully saturated rings. The molecule has 2 atom stereocenters. The summed E-state index contributed by atoms with van der Waals surface area (Å²) in [5, 5.41) is 20.3. The molecule has 4 N–H and O–H groups in total. The second-order valence-corrected chi connectivity index (χ2v) is 6.07. The van der Waals surface area contributed by atoms with E-state index >= 15 is 0 Å². The molecule has 6 nitrogen and oxygen atoms in total. The van der Waals surface area contributed by atoms with E-state index in [2.05, 4.69) is 5.32 Å². The van der Waals surface area contributed by atoms with Crippen LogP contribution in [0.15, 0.2) is 29.2 Å². The van der Waals surface area contributed by atoms with Crippen LogP contribution in [0.3, 0.4) is 0 Å². The van der Waals surface area contributed by atoms with Crippen LogP contribution < -0.4 is 5.32 Å². The van der Waals surface area contributed by atoms with E-state index in [-0.39, 0.29) is 17.1 Å². The van der Waals surface area contributed by atoms with Gasteiger partial charge in [0.1, 0.15) is 0 Å². The van der Waals surface area contributed by atoms with Crippen molar-refractivity contribution in [2.24, 2.45) is 0 Å². The Bertz CT molecular complexity index is 460.